The number of hydrogen-bond donors (Lipinski definition) is 0. The third-order valence-corrected chi connectivity index (χ3v) is 5.61. The van der Waals surface area contributed by atoms with Gasteiger partial charge in [-0.15, -0.1) is 0 Å². The van der Waals surface area contributed by atoms with Gasteiger partial charge in [-0.3, -0.25) is 0 Å². The molecule has 0 saturated carbocycles. The highest BCUT2D eigenvalue weighted by atomic mass is 32.2. The van der Waals surface area contributed by atoms with Crippen LogP contribution in [0.5, 0.6) is 0 Å². The quantitative estimate of drug-likeness (QED) is 0.842. The molecule has 2 aromatic rings. The van der Waals surface area contributed by atoms with Gasteiger partial charge in [0.1, 0.15) is 6.07 Å². The third kappa shape index (κ3) is 2.51. The van der Waals surface area contributed by atoms with Gasteiger partial charge in [0.25, 0.3) is 0 Å². The van der Waals surface area contributed by atoms with Gasteiger partial charge in [-0.05, 0) is 48.7 Å². The molecule has 0 atom stereocenters. The zero-order valence-electron chi connectivity index (χ0n) is 12.9. The average molecular weight is 324 g/mol. The van der Waals surface area contributed by atoms with Gasteiger partial charge in [0.2, 0.25) is 9.84 Å². The van der Waals surface area contributed by atoms with Crippen molar-refractivity contribution in [1.82, 2.24) is 0 Å². The Morgan fingerprint density at radius 3 is 2.65 bits per heavy atom. The number of aryl methyl sites for hydroxylation is 2. The van der Waals surface area contributed by atoms with E-state index >= 15 is 0 Å². The molecule has 0 radical (unpaired) electrons. The normalized spacial score (nSPS) is 15.5. The number of nitrogens with zero attached hydrogens (tertiary/aromatic N) is 2. The summed E-state index contributed by atoms with van der Waals surface area (Å²) in [5, 5.41) is 9.25. The van der Waals surface area contributed by atoms with Crippen LogP contribution in [0.15, 0.2) is 58.5 Å². The van der Waals surface area contributed by atoms with Gasteiger partial charge in [0, 0.05) is 11.9 Å². The van der Waals surface area contributed by atoms with E-state index in [1.54, 1.807) is 17.0 Å². The van der Waals surface area contributed by atoms with E-state index in [-0.39, 0.29) is 9.80 Å². The van der Waals surface area contributed by atoms with Crippen LogP contribution in [0.4, 0.5) is 11.4 Å². The van der Waals surface area contributed by atoms with E-state index in [0.29, 0.717) is 5.69 Å². The molecule has 5 heteroatoms. The Labute approximate surface area is 136 Å². The van der Waals surface area contributed by atoms with Gasteiger partial charge < -0.3 is 4.90 Å². The molecule has 116 valence electrons. The molecule has 0 unspecified atom stereocenters. The largest absolute Gasteiger partial charge is 0.314 e. The molecule has 0 fully saturated rings. The Bertz CT molecular complexity index is 953. The maximum absolute atomic E-state index is 12.5. The molecule has 0 aliphatic carbocycles. The molecule has 0 saturated heterocycles. The van der Waals surface area contributed by atoms with Gasteiger partial charge >= 0.3 is 0 Å². The van der Waals surface area contributed by atoms with E-state index in [4.69, 9.17) is 0 Å². The monoisotopic (exact) mass is 324 g/mol. The van der Waals surface area contributed by atoms with E-state index < -0.39 is 9.84 Å². The number of allylic oxidation sites excluding steroid dienone is 1. The first-order chi connectivity index (χ1) is 11.0. The van der Waals surface area contributed by atoms with Crippen molar-refractivity contribution >= 4 is 21.2 Å². The van der Waals surface area contributed by atoms with Crippen LogP contribution >= 0.6 is 0 Å². The minimum Gasteiger partial charge on any atom is -0.314 e. The van der Waals surface area contributed by atoms with Gasteiger partial charge in [-0.2, -0.15) is 5.26 Å². The first kappa shape index (κ1) is 15.3. The van der Waals surface area contributed by atoms with Gasteiger partial charge in [-0.1, -0.05) is 25.1 Å². The summed E-state index contributed by atoms with van der Waals surface area (Å²) in [6.07, 6.45) is 2.29. The van der Waals surface area contributed by atoms with Gasteiger partial charge in [0.15, 0.2) is 4.91 Å². The van der Waals surface area contributed by atoms with E-state index in [0.717, 1.165) is 23.2 Å². The Morgan fingerprint density at radius 1 is 1.17 bits per heavy atom. The second-order valence-corrected chi connectivity index (χ2v) is 7.36. The van der Waals surface area contributed by atoms with Gasteiger partial charge in [-0.25, -0.2) is 8.42 Å². The molecule has 3 rings (SSSR count). The molecule has 23 heavy (non-hydrogen) atoms. The number of sulfone groups is 1. The standard InChI is InChI=1S/C18H16N2O2S/c1-3-14-5-4-6-15(10-14)20-12-16(11-19)23(21,22)18-8-7-13(2)9-17(18)20/h4-10,12H,3H2,1-2H3. The lowest BCUT2D eigenvalue weighted by atomic mass is 10.1. The summed E-state index contributed by atoms with van der Waals surface area (Å²) in [7, 11) is -3.75. The van der Waals surface area contributed by atoms with Crippen molar-refractivity contribution in [3.05, 3.63) is 64.7 Å². The number of anilines is 2. The predicted octanol–water partition coefficient (Wildman–Crippen LogP) is 3.85. The summed E-state index contributed by atoms with van der Waals surface area (Å²) in [5.74, 6) is 0. The van der Waals surface area contributed by atoms with Crippen molar-refractivity contribution in [3.8, 4) is 6.07 Å². The smallest absolute Gasteiger partial charge is 0.220 e. The summed E-state index contributed by atoms with van der Waals surface area (Å²) < 4.78 is 25.1. The fraction of sp³-hybridized carbons (Fsp3) is 0.167. The number of nitriles is 1. The maximum Gasteiger partial charge on any atom is 0.220 e. The maximum atomic E-state index is 12.5. The SMILES string of the molecule is CCc1cccc(N2C=C(C#N)S(=O)(=O)c3ccc(C)cc32)c1. The minimum atomic E-state index is -3.75. The molecule has 4 nitrogen and oxygen atoms in total. The molecule has 0 N–H and O–H groups in total. The van der Waals surface area contributed by atoms with Crippen LogP contribution in [0.1, 0.15) is 18.1 Å². The second-order valence-electron chi connectivity index (χ2n) is 5.47. The highest BCUT2D eigenvalue weighted by molar-refractivity contribution is 7.95. The highest BCUT2D eigenvalue weighted by Gasteiger charge is 2.32. The lowest BCUT2D eigenvalue weighted by molar-refractivity contribution is 0.602. The van der Waals surface area contributed by atoms with Crippen LogP contribution in [0, 0.1) is 18.3 Å². The molecule has 0 bridgehead atoms. The Kier molecular flexibility index (Phi) is 3.70. The molecule has 2 aromatic carbocycles. The zero-order valence-corrected chi connectivity index (χ0v) is 13.8. The van der Waals surface area contributed by atoms with E-state index in [1.807, 2.05) is 43.3 Å². The lowest BCUT2D eigenvalue weighted by Crippen LogP contribution is -2.21. The predicted molar refractivity (Wildman–Crippen MR) is 90.0 cm³/mol. The fourth-order valence-corrected chi connectivity index (χ4v) is 3.93. The topological polar surface area (TPSA) is 61.2 Å². The molecule has 0 spiro atoms. The van der Waals surface area contributed by atoms with Crippen LogP contribution < -0.4 is 4.90 Å². The molecule has 1 aliphatic heterocycles. The second kappa shape index (κ2) is 5.56. The summed E-state index contributed by atoms with van der Waals surface area (Å²) in [6.45, 7) is 3.98. The van der Waals surface area contributed by atoms with Crippen LogP contribution in [-0.4, -0.2) is 8.42 Å². The van der Waals surface area contributed by atoms with Crippen molar-refractivity contribution < 1.29 is 8.42 Å². The minimum absolute atomic E-state index is 0.170. The fourth-order valence-electron chi connectivity index (χ4n) is 2.65. The van der Waals surface area contributed by atoms with Gasteiger partial charge in [0.05, 0.1) is 10.6 Å². The van der Waals surface area contributed by atoms with Crippen molar-refractivity contribution in [2.45, 2.75) is 25.2 Å². The van der Waals surface area contributed by atoms with E-state index in [9.17, 15) is 13.7 Å². The van der Waals surface area contributed by atoms with Crippen molar-refractivity contribution in [3.63, 3.8) is 0 Å². The third-order valence-electron chi connectivity index (χ3n) is 3.91. The Hall–Kier alpha value is -2.58. The number of hydrogen-bond acceptors (Lipinski definition) is 4. The van der Waals surface area contributed by atoms with Crippen LogP contribution in [0.25, 0.3) is 0 Å². The summed E-state index contributed by atoms with van der Waals surface area (Å²) >= 11 is 0. The van der Waals surface area contributed by atoms with Crippen LogP contribution in [0.2, 0.25) is 0 Å². The van der Waals surface area contributed by atoms with Crippen LogP contribution in [-0.2, 0) is 16.3 Å². The van der Waals surface area contributed by atoms with E-state index in [2.05, 4.69) is 6.92 Å². The number of benzene rings is 2. The summed E-state index contributed by atoms with van der Waals surface area (Å²) in [4.78, 5) is 1.71. The van der Waals surface area contributed by atoms with E-state index in [1.165, 1.54) is 6.20 Å². The number of rotatable bonds is 2. The van der Waals surface area contributed by atoms with Crippen molar-refractivity contribution in [2.75, 3.05) is 4.90 Å². The molecular weight excluding hydrogens is 308 g/mol. The highest BCUT2D eigenvalue weighted by Crippen LogP contribution is 2.39. The first-order valence-electron chi connectivity index (χ1n) is 7.33. The summed E-state index contributed by atoms with van der Waals surface area (Å²) in [5.41, 5.74) is 3.54. The zero-order chi connectivity index (χ0) is 16.6. The average Bonchev–Trinajstić information content (AvgIpc) is 2.54. The lowest BCUT2D eigenvalue weighted by Gasteiger charge is -2.28. The van der Waals surface area contributed by atoms with Crippen molar-refractivity contribution in [2.24, 2.45) is 0 Å². The Balaban J connectivity index is 2.28. The Morgan fingerprint density at radius 2 is 1.96 bits per heavy atom. The summed E-state index contributed by atoms with van der Waals surface area (Å²) in [6, 6.07) is 14.8. The molecule has 0 aromatic heterocycles. The molecule has 1 aliphatic rings. The molecule has 0 amide bonds. The van der Waals surface area contributed by atoms with Crippen LogP contribution in [0.3, 0.4) is 0 Å². The molecule has 1 heterocycles. The number of fused-ring (bicyclic) bond motifs is 1. The van der Waals surface area contributed by atoms with Crippen molar-refractivity contribution in [1.29, 1.82) is 5.26 Å². The first-order valence-corrected chi connectivity index (χ1v) is 8.81. The molecular formula is C18H16N2O2S.